The van der Waals surface area contributed by atoms with E-state index in [1.165, 1.54) is 0 Å². The van der Waals surface area contributed by atoms with Gasteiger partial charge in [0.1, 0.15) is 0 Å². The molecule has 13 heavy (non-hydrogen) atoms. The molecule has 0 bridgehead atoms. The molecule has 0 aliphatic heterocycles. The van der Waals surface area contributed by atoms with Gasteiger partial charge in [0.05, 0.1) is 18.7 Å². The van der Waals surface area contributed by atoms with Gasteiger partial charge in [0.2, 0.25) is 0 Å². The summed E-state index contributed by atoms with van der Waals surface area (Å²) in [4.78, 5) is 2.09. The molecule has 0 spiro atoms. The summed E-state index contributed by atoms with van der Waals surface area (Å²) in [7, 11) is 0. The highest BCUT2D eigenvalue weighted by molar-refractivity contribution is 4.90. The fourth-order valence-electron chi connectivity index (χ4n) is 2.07. The maximum absolute atomic E-state index is 9.68. The van der Waals surface area contributed by atoms with E-state index in [2.05, 4.69) is 24.8 Å². The summed E-state index contributed by atoms with van der Waals surface area (Å²) in [5.74, 6) is 0. The summed E-state index contributed by atoms with van der Waals surface area (Å²) in [5.41, 5.74) is 0. The van der Waals surface area contributed by atoms with Gasteiger partial charge in [0.15, 0.2) is 0 Å². The molecule has 1 saturated carbocycles. The summed E-state index contributed by atoms with van der Waals surface area (Å²) in [6, 6.07) is 2.71. The lowest BCUT2D eigenvalue weighted by molar-refractivity contribution is 0.0610. The Hall–Kier alpha value is -0.590. The van der Waals surface area contributed by atoms with Gasteiger partial charge in [-0.3, -0.25) is 4.90 Å². The number of hydrogen-bond acceptors (Lipinski definition) is 3. The monoisotopic (exact) mass is 182 g/mol. The highest BCUT2D eigenvalue weighted by Crippen LogP contribution is 2.25. The zero-order chi connectivity index (χ0) is 9.84. The van der Waals surface area contributed by atoms with E-state index in [-0.39, 0.29) is 12.1 Å². The van der Waals surface area contributed by atoms with Gasteiger partial charge in [-0.25, -0.2) is 0 Å². The van der Waals surface area contributed by atoms with Crippen LogP contribution in [0.4, 0.5) is 0 Å². The summed E-state index contributed by atoms with van der Waals surface area (Å²) < 4.78 is 0. The molecule has 2 unspecified atom stereocenters. The van der Waals surface area contributed by atoms with Crippen LogP contribution in [0.5, 0.6) is 0 Å². The van der Waals surface area contributed by atoms with Crippen molar-refractivity contribution in [2.45, 2.75) is 51.3 Å². The molecular formula is C10H18N2O. The smallest absolute Gasteiger partial charge is 0.0871 e. The summed E-state index contributed by atoms with van der Waals surface area (Å²) in [5, 5.41) is 18.3. The Morgan fingerprint density at radius 2 is 2.23 bits per heavy atom. The molecule has 0 saturated heterocycles. The Kier molecular flexibility index (Phi) is 3.71. The third-order valence-corrected chi connectivity index (χ3v) is 2.79. The predicted octanol–water partition coefficient (Wildman–Crippen LogP) is 1.13. The zero-order valence-corrected chi connectivity index (χ0v) is 8.40. The topological polar surface area (TPSA) is 47.3 Å². The first-order valence-corrected chi connectivity index (χ1v) is 4.97. The van der Waals surface area contributed by atoms with Crippen molar-refractivity contribution >= 4 is 0 Å². The summed E-state index contributed by atoms with van der Waals surface area (Å²) >= 11 is 0. The van der Waals surface area contributed by atoms with Crippen LogP contribution < -0.4 is 0 Å². The lowest BCUT2D eigenvalue weighted by Crippen LogP contribution is -2.44. The first kappa shape index (κ1) is 10.5. The van der Waals surface area contributed by atoms with Crippen molar-refractivity contribution < 1.29 is 5.11 Å². The van der Waals surface area contributed by atoms with E-state index < -0.39 is 0 Å². The molecule has 0 aromatic heterocycles. The van der Waals surface area contributed by atoms with Gasteiger partial charge < -0.3 is 5.11 Å². The quantitative estimate of drug-likeness (QED) is 0.666. The second-order valence-corrected chi connectivity index (χ2v) is 3.99. The Balaban J connectivity index is 2.59. The Bertz CT molecular complexity index is 198. The third kappa shape index (κ3) is 2.43. The normalized spacial score (nSPS) is 28.3. The highest BCUT2D eigenvalue weighted by Gasteiger charge is 2.31. The predicted molar refractivity (Wildman–Crippen MR) is 51.1 cm³/mol. The van der Waals surface area contributed by atoms with Crippen LogP contribution in [0.25, 0.3) is 0 Å². The molecule has 0 radical (unpaired) electrons. The standard InChI is InChI=1S/C10H18N2O/c1-8(2)12(7-6-11)9-4-3-5-10(9)13/h8-10,13H,3-5,7H2,1-2H3. The van der Waals surface area contributed by atoms with Gasteiger partial charge in [-0.2, -0.15) is 5.26 Å². The van der Waals surface area contributed by atoms with E-state index in [1.54, 1.807) is 0 Å². The molecular weight excluding hydrogens is 164 g/mol. The first-order valence-electron chi connectivity index (χ1n) is 4.97. The third-order valence-electron chi connectivity index (χ3n) is 2.79. The van der Waals surface area contributed by atoms with Crippen LogP contribution in [0.1, 0.15) is 33.1 Å². The number of nitrogens with zero attached hydrogens (tertiary/aromatic N) is 2. The van der Waals surface area contributed by atoms with E-state index in [0.29, 0.717) is 12.6 Å². The lowest BCUT2D eigenvalue weighted by atomic mass is 10.1. The highest BCUT2D eigenvalue weighted by atomic mass is 16.3. The van der Waals surface area contributed by atoms with Crippen molar-refractivity contribution in [1.29, 1.82) is 5.26 Å². The molecule has 1 N–H and O–H groups in total. The van der Waals surface area contributed by atoms with Crippen LogP contribution in [0.2, 0.25) is 0 Å². The lowest BCUT2D eigenvalue weighted by Gasteiger charge is -2.32. The molecule has 1 rings (SSSR count). The van der Waals surface area contributed by atoms with Gasteiger partial charge in [-0.05, 0) is 33.1 Å². The Morgan fingerprint density at radius 1 is 1.54 bits per heavy atom. The fraction of sp³-hybridized carbons (Fsp3) is 0.900. The number of nitriles is 1. The molecule has 0 heterocycles. The maximum Gasteiger partial charge on any atom is 0.0871 e. The SMILES string of the molecule is CC(C)N(CC#N)C1CCCC1O. The van der Waals surface area contributed by atoms with E-state index in [1.807, 2.05) is 0 Å². The van der Waals surface area contributed by atoms with Crippen molar-refractivity contribution in [2.75, 3.05) is 6.54 Å². The first-order chi connectivity index (χ1) is 6.16. The van der Waals surface area contributed by atoms with Crippen molar-refractivity contribution in [3.8, 4) is 6.07 Å². The van der Waals surface area contributed by atoms with Gasteiger partial charge in [-0.1, -0.05) is 0 Å². The van der Waals surface area contributed by atoms with E-state index in [4.69, 9.17) is 5.26 Å². The fourth-order valence-corrected chi connectivity index (χ4v) is 2.07. The summed E-state index contributed by atoms with van der Waals surface area (Å²) in [6.07, 6.45) is 2.77. The molecule has 0 amide bonds. The van der Waals surface area contributed by atoms with Crippen LogP contribution in [-0.4, -0.2) is 34.7 Å². The molecule has 0 aromatic carbocycles. The van der Waals surface area contributed by atoms with E-state index in [9.17, 15) is 5.11 Å². The average Bonchev–Trinajstić information content (AvgIpc) is 2.47. The minimum absolute atomic E-state index is 0.208. The van der Waals surface area contributed by atoms with Crippen molar-refractivity contribution in [1.82, 2.24) is 4.90 Å². The van der Waals surface area contributed by atoms with Gasteiger partial charge in [0.25, 0.3) is 0 Å². The molecule has 1 aliphatic carbocycles. The number of aliphatic hydroxyl groups is 1. The molecule has 0 aromatic rings. The molecule has 2 atom stereocenters. The van der Waals surface area contributed by atoms with Crippen LogP contribution >= 0.6 is 0 Å². The number of rotatable bonds is 3. The molecule has 74 valence electrons. The molecule has 3 heteroatoms. The number of aliphatic hydroxyl groups excluding tert-OH is 1. The minimum Gasteiger partial charge on any atom is -0.391 e. The van der Waals surface area contributed by atoms with Crippen molar-refractivity contribution in [3.63, 3.8) is 0 Å². The van der Waals surface area contributed by atoms with Gasteiger partial charge in [0, 0.05) is 12.1 Å². The Morgan fingerprint density at radius 3 is 2.62 bits per heavy atom. The zero-order valence-electron chi connectivity index (χ0n) is 8.40. The van der Waals surface area contributed by atoms with Crippen molar-refractivity contribution in [3.05, 3.63) is 0 Å². The van der Waals surface area contributed by atoms with Crippen molar-refractivity contribution in [2.24, 2.45) is 0 Å². The maximum atomic E-state index is 9.68. The van der Waals surface area contributed by atoms with Gasteiger partial charge >= 0.3 is 0 Å². The van der Waals surface area contributed by atoms with Crippen LogP contribution in [0, 0.1) is 11.3 Å². The van der Waals surface area contributed by atoms with Gasteiger partial charge in [-0.15, -0.1) is 0 Å². The van der Waals surface area contributed by atoms with E-state index in [0.717, 1.165) is 19.3 Å². The molecule has 1 fully saturated rings. The van der Waals surface area contributed by atoms with E-state index >= 15 is 0 Å². The minimum atomic E-state index is -0.226. The molecule has 3 nitrogen and oxygen atoms in total. The number of hydrogen-bond donors (Lipinski definition) is 1. The van der Waals surface area contributed by atoms with Crippen LogP contribution in [0.3, 0.4) is 0 Å². The summed E-state index contributed by atoms with van der Waals surface area (Å²) in [6.45, 7) is 4.57. The Labute approximate surface area is 80.0 Å². The molecule has 1 aliphatic rings. The van der Waals surface area contributed by atoms with Crippen LogP contribution in [0.15, 0.2) is 0 Å². The average molecular weight is 182 g/mol. The largest absolute Gasteiger partial charge is 0.391 e. The second-order valence-electron chi connectivity index (χ2n) is 3.99. The van der Waals surface area contributed by atoms with Crippen LogP contribution in [-0.2, 0) is 0 Å². The second kappa shape index (κ2) is 4.59.